The third-order valence-electron chi connectivity index (χ3n) is 4.85. The minimum absolute atomic E-state index is 0.270. The number of anilines is 2. The van der Waals surface area contributed by atoms with E-state index in [9.17, 15) is 9.18 Å². The maximum atomic E-state index is 13.3. The zero-order valence-electron chi connectivity index (χ0n) is 16.4. The fourth-order valence-electron chi connectivity index (χ4n) is 3.35. The number of benzene rings is 2. The maximum absolute atomic E-state index is 13.3. The molecular weight excluding hydrogens is 399 g/mol. The summed E-state index contributed by atoms with van der Waals surface area (Å²) >= 11 is 0. The van der Waals surface area contributed by atoms with Gasteiger partial charge in [0.05, 0.1) is 29.0 Å². The molecule has 31 heavy (non-hydrogen) atoms. The van der Waals surface area contributed by atoms with Crippen LogP contribution in [0.3, 0.4) is 0 Å². The van der Waals surface area contributed by atoms with Crippen molar-refractivity contribution in [1.29, 1.82) is 0 Å². The highest BCUT2D eigenvalue weighted by Crippen LogP contribution is 2.22. The van der Waals surface area contributed by atoms with Gasteiger partial charge in [-0.2, -0.15) is 0 Å². The van der Waals surface area contributed by atoms with Crippen LogP contribution in [0, 0.1) is 5.82 Å². The summed E-state index contributed by atoms with van der Waals surface area (Å²) in [7, 11) is 0. The van der Waals surface area contributed by atoms with Crippen molar-refractivity contribution in [3.63, 3.8) is 0 Å². The van der Waals surface area contributed by atoms with E-state index in [1.165, 1.54) is 29.5 Å². The number of nitrogens with one attached hydrogen (secondary N) is 3. The molecule has 0 aliphatic rings. The van der Waals surface area contributed by atoms with E-state index in [4.69, 9.17) is 4.98 Å². The first kappa shape index (κ1) is 18.7. The van der Waals surface area contributed by atoms with Gasteiger partial charge in [0, 0.05) is 0 Å². The van der Waals surface area contributed by atoms with E-state index in [0.29, 0.717) is 39.4 Å². The van der Waals surface area contributed by atoms with Gasteiger partial charge in [-0.25, -0.2) is 29.0 Å². The van der Waals surface area contributed by atoms with E-state index >= 15 is 0 Å². The standard InChI is InChI=1S/C21H17FN8O/c1-12(27-19-17-18(24-10-23-17)25-11-26-19)20-28-16-5-3-2-4-15(16)21(31)30(20)29-14-8-6-13(22)7-9-14/h2-12,29H,1H3,(H2,23,24,25,26,27)/t12-/m0/s1. The molecule has 5 rings (SSSR count). The van der Waals surface area contributed by atoms with Gasteiger partial charge >= 0.3 is 0 Å². The van der Waals surface area contributed by atoms with E-state index < -0.39 is 6.04 Å². The van der Waals surface area contributed by atoms with Crippen LogP contribution in [0.1, 0.15) is 18.8 Å². The molecular formula is C21H17FN8O. The Balaban J connectivity index is 1.61. The number of hydrogen-bond donors (Lipinski definition) is 3. The molecule has 0 aliphatic heterocycles. The fourth-order valence-corrected chi connectivity index (χ4v) is 3.35. The summed E-state index contributed by atoms with van der Waals surface area (Å²) < 4.78 is 14.7. The van der Waals surface area contributed by atoms with Crippen LogP contribution in [-0.4, -0.2) is 29.6 Å². The SMILES string of the molecule is C[C@H](Nc1ncnc2nc[nH]c12)c1nc2ccccc2c(=O)n1Nc1ccc(F)cc1. The molecule has 10 heteroatoms. The van der Waals surface area contributed by atoms with Crippen LogP contribution >= 0.6 is 0 Å². The summed E-state index contributed by atoms with van der Waals surface area (Å²) in [5.74, 6) is 0.599. The number of fused-ring (bicyclic) bond motifs is 2. The predicted molar refractivity (Wildman–Crippen MR) is 115 cm³/mol. The number of halogens is 1. The van der Waals surface area contributed by atoms with Crippen LogP contribution in [0.4, 0.5) is 15.9 Å². The summed E-state index contributed by atoms with van der Waals surface area (Å²) in [5, 5.41) is 3.73. The molecule has 0 fully saturated rings. The molecule has 0 unspecified atom stereocenters. The topological polar surface area (TPSA) is 113 Å². The summed E-state index contributed by atoms with van der Waals surface area (Å²) in [4.78, 5) is 33.5. The van der Waals surface area contributed by atoms with E-state index in [2.05, 4.69) is 30.7 Å². The van der Waals surface area contributed by atoms with Gasteiger partial charge in [0.2, 0.25) is 0 Å². The number of nitrogens with zero attached hydrogens (tertiary/aromatic N) is 5. The Hall–Kier alpha value is -4.34. The van der Waals surface area contributed by atoms with Crippen molar-refractivity contribution in [2.24, 2.45) is 0 Å². The van der Waals surface area contributed by atoms with Crippen molar-refractivity contribution in [2.75, 3.05) is 10.7 Å². The number of aromatic nitrogens is 6. The molecule has 0 bridgehead atoms. The molecule has 9 nitrogen and oxygen atoms in total. The van der Waals surface area contributed by atoms with Crippen LogP contribution in [-0.2, 0) is 0 Å². The van der Waals surface area contributed by atoms with Crippen LogP contribution < -0.4 is 16.3 Å². The minimum atomic E-state index is -0.424. The third-order valence-corrected chi connectivity index (χ3v) is 4.85. The Morgan fingerprint density at radius 3 is 2.71 bits per heavy atom. The molecule has 0 amide bonds. The molecule has 0 aliphatic carbocycles. The Kier molecular flexibility index (Phi) is 4.51. The molecule has 5 aromatic rings. The molecule has 154 valence electrons. The zero-order valence-corrected chi connectivity index (χ0v) is 16.4. The molecule has 0 saturated heterocycles. The van der Waals surface area contributed by atoms with Crippen molar-refractivity contribution >= 4 is 33.6 Å². The zero-order chi connectivity index (χ0) is 21.4. The summed E-state index contributed by atoms with van der Waals surface area (Å²) in [6.45, 7) is 1.86. The van der Waals surface area contributed by atoms with Crippen molar-refractivity contribution in [1.82, 2.24) is 29.6 Å². The van der Waals surface area contributed by atoms with Crippen molar-refractivity contribution in [3.05, 3.63) is 83.2 Å². The lowest BCUT2D eigenvalue weighted by Crippen LogP contribution is -2.33. The lowest BCUT2D eigenvalue weighted by molar-refractivity contribution is 0.627. The lowest BCUT2D eigenvalue weighted by atomic mass is 10.2. The molecule has 0 radical (unpaired) electrons. The highest BCUT2D eigenvalue weighted by molar-refractivity contribution is 5.82. The minimum Gasteiger partial charge on any atom is -0.358 e. The molecule has 2 aromatic carbocycles. The van der Waals surface area contributed by atoms with E-state index in [-0.39, 0.29) is 11.4 Å². The fraction of sp³-hybridized carbons (Fsp3) is 0.0952. The molecule has 0 spiro atoms. The smallest absolute Gasteiger partial charge is 0.280 e. The van der Waals surface area contributed by atoms with Gasteiger partial charge in [0.1, 0.15) is 17.7 Å². The molecule has 3 aromatic heterocycles. The highest BCUT2D eigenvalue weighted by atomic mass is 19.1. The first-order valence-corrected chi connectivity index (χ1v) is 9.55. The largest absolute Gasteiger partial charge is 0.358 e. The van der Waals surface area contributed by atoms with Gasteiger partial charge in [-0.15, -0.1) is 0 Å². The van der Waals surface area contributed by atoms with Gasteiger partial charge in [0.15, 0.2) is 17.3 Å². The average molecular weight is 416 g/mol. The maximum Gasteiger partial charge on any atom is 0.280 e. The van der Waals surface area contributed by atoms with Gasteiger partial charge < -0.3 is 10.3 Å². The van der Waals surface area contributed by atoms with Crippen molar-refractivity contribution < 1.29 is 4.39 Å². The number of rotatable bonds is 5. The second kappa shape index (κ2) is 7.48. The van der Waals surface area contributed by atoms with E-state index in [1.54, 1.807) is 30.3 Å². The number of aromatic amines is 1. The third kappa shape index (κ3) is 3.44. The van der Waals surface area contributed by atoms with Crippen LogP contribution in [0.15, 0.2) is 66.0 Å². The Morgan fingerprint density at radius 1 is 1.06 bits per heavy atom. The summed E-state index contributed by atoms with van der Waals surface area (Å²) in [6, 6.07) is 12.4. The Morgan fingerprint density at radius 2 is 1.87 bits per heavy atom. The second-order valence-electron chi connectivity index (χ2n) is 6.94. The van der Waals surface area contributed by atoms with E-state index in [0.717, 1.165) is 0 Å². The highest BCUT2D eigenvalue weighted by Gasteiger charge is 2.19. The molecule has 3 N–H and O–H groups in total. The lowest BCUT2D eigenvalue weighted by Gasteiger charge is -2.21. The van der Waals surface area contributed by atoms with Crippen LogP contribution in [0.5, 0.6) is 0 Å². The van der Waals surface area contributed by atoms with E-state index in [1.807, 2.05) is 13.0 Å². The van der Waals surface area contributed by atoms with Gasteiger partial charge in [0.25, 0.3) is 5.56 Å². The second-order valence-corrected chi connectivity index (χ2v) is 6.94. The number of imidazole rings is 1. The van der Waals surface area contributed by atoms with Crippen LogP contribution in [0.25, 0.3) is 22.1 Å². The summed E-state index contributed by atoms with van der Waals surface area (Å²) in [6.07, 6.45) is 2.95. The number of H-pyrrole nitrogens is 1. The number of hydrogen-bond acceptors (Lipinski definition) is 7. The first-order valence-electron chi connectivity index (χ1n) is 9.55. The van der Waals surface area contributed by atoms with Gasteiger partial charge in [-0.3, -0.25) is 10.2 Å². The molecule has 1 atom stereocenters. The van der Waals surface area contributed by atoms with Gasteiger partial charge in [-0.05, 0) is 43.3 Å². The number of para-hydroxylation sites is 1. The average Bonchev–Trinajstić information content (AvgIpc) is 3.27. The normalized spacial score (nSPS) is 12.2. The predicted octanol–water partition coefficient (Wildman–Crippen LogP) is 3.25. The quantitative estimate of drug-likeness (QED) is 0.403. The Labute approximate surface area is 175 Å². The summed E-state index contributed by atoms with van der Waals surface area (Å²) in [5.41, 5.74) is 5.07. The van der Waals surface area contributed by atoms with Crippen molar-refractivity contribution in [3.8, 4) is 0 Å². The van der Waals surface area contributed by atoms with Crippen LogP contribution in [0.2, 0.25) is 0 Å². The molecule has 0 saturated carbocycles. The van der Waals surface area contributed by atoms with Gasteiger partial charge in [-0.1, -0.05) is 12.1 Å². The monoisotopic (exact) mass is 416 g/mol. The Bertz CT molecular complexity index is 1440. The first-order chi connectivity index (χ1) is 15.1. The van der Waals surface area contributed by atoms with Crippen molar-refractivity contribution in [2.45, 2.75) is 13.0 Å². The molecule has 3 heterocycles.